The number of amides is 2. The van der Waals surface area contributed by atoms with Crippen molar-refractivity contribution >= 4 is 23.5 Å². The van der Waals surface area contributed by atoms with Crippen molar-refractivity contribution in [2.75, 3.05) is 13.2 Å². The van der Waals surface area contributed by atoms with Crippen LogP contribution < -0.4 is 5.32 Å². The lowest BCUT2D eigenvalue weighted by atomic mass is 10.1. The van der Waals surface area contributed by atoms with Crippen molar-refractivity contribution < 1.29 is 19.1 Å². The van der Waals surface area contributed by atoms with E-state index >= 15 is 0 Å². The lowest BCUT2D eigenvalue weighted by molar-refractivity contribution is -0.148. The third-order valence-corrected chi connectivity index (χ3v) is 6.11. The smallest absolute Gasteiger partial charge is 0.308 e. The molecule has 180 valence electrons. The van der Waals surface area contributed by atoms with Crippen molar-refractivity contribution in [2.45, 2.75) is 33.4 Å². The molecule has 4 rings (SSSR count). The Morgan fingerprint density at radius 2 is 1.71 bits per heavy atom. The second kappa shape index (κ2) is 10.4. The van der Waals surface area contributed by atoms with Crippen LogP contribution in [0.2, 0.25) is 0 Å². The van der Waals surface area contributed by atoms with E-state index in [0.29, 0.717) is 24.4 Å². The van der Waals surface area contributed by atoms with Crippen molar-refractivity contribution in [3.05, 3.63) is 94.8 Å². The van der Waals surface area contributed by atoms with Gasteiger partial charge < -0.3 is 15.0 Å². The molecule has 0 fully saturated rings. The van der Waals surface area contributed by atoms with E-state index < -0.39 is 11.9 Å². The number of aromatic nitrogens is 2. The minimum atomic E-state index is -0.556. The zero-order valence-corrected chi connectivity index (χ0v) is 19.9. The highest BCUT2D eigenvalue weighted by molar-refractivity contribution is 6.08. The van der Waals surface area contributed by atoms with Crippen molar-refractivity contribution in [1.82, 2.24) is 20.0 Å². The largest absolute Gasteiger partial charge is 0.456 e. The van der Waals surface area contributed by atoms with Crippen LogP contribution in [0.25, 0.3) is 5.70 Å². The Kier molecular flexibility index (Phi) is 7.10. The third kappa shape index (κ3) is 5.32. The highest BCUT2D eigenvalue weighted by atomic mass is 16.5. The molecular formula is C27H28N4O4. The van der Waals surface area contributed by atoms with Gasteiger partial charge in [0.15, 0.2) is 6.61 Å². The molecule has 0 saturated carbocycles. The molecule has 2 aromatic carbocycles. The van der Waals surface area contributed by atoms with E-state index in [2.05, 4.69) is 17.0 Å². The molecule has 0 atom stereocenters. The predicted molar refractivity (Wildman–Crippen MR) is 131 cm³/mol. The van der Waals surface area contributed by atoms with E-state index in [1.165, 1.54) is 4.90 Å². The maximum absolute atomic E-state index is 12.5. The van der Waals surface area contributed by atoms with Crippen LogP contribution in [-0.2, 0) is 27.4 Å². The first-order valence-electron chi connectivity index (χ1n) is 11.4. The fraction of sp³-hybridized carbons (Fsp3) is 0.259. The first-order chi connectivity index (χ1) is 16.8. The number of aryl methyl sites for hydroxylation is 1. The molecular weight excluding hydrogens is 444 g/mol. The Balaban J connectivity index is 1.22. The summed E-state index contributed by atoms with van der Waals surface area (Å²) < 4.78 is 7.02. The van der Waals surface area contributed by atoms with Crippen LogP contribution in [0, 0.1) is 13.8 Å². The highest BCUT2D eigenvalue weighted by Crippen LogP contribution is 2.31. The van der Waals surface area contributed by atoms with Gasteiger partial charge in [0.2, 0.25) is 0 Å². The van der Waals surface area contributed by atoms with E-state index in [4.69, 9.17) is 4.74 Å². The topological polar surface area (TPSA) is 93.5 Å². The van der Waals surface area contributed by atoms with Crippen molar-refractivity contribution in [3.8, 4) is 0 Å². The SMILES string of the molecule is C=C1c2ccccc2C(=O)N1CCC(=O)OCC(=O)NCc1c(C)nn(Cc2ccccc2)c1C. The average Bonchev–Trinajstić information content (AvgIpc) is 3.27. The van der Waals surface area contributed by atoms with E-state index in [1.807, 2.05) is 61.0 Å². The molecule has 35 heavy (non-hydrogen) atoms. The van der Waals surface area contributed by atoms with Crippen LogP contribution in [0.1, 0.15) is 44.9 Å². The van der Waals surface area contributed by atoms with Gasteiger partial charge in [-0.1, -0.05) is 55.1 Å². The molecule has 8 nitrogen and oxygen atoms in total. The Bertz CT molecular complexity index is 1240. The first-order valence-corrected chi connectivity index (χ1v) is 11.4. The number of benzene rings is 2. The molecule has 0 bridgehead atoms. The Morgan fingerprint density at radius 3 is 2.43 bits per heavy atom. The molecule has 1 aliphatic rings. The summed E-state index contributed by atoms with van der Waals surface area (Å²) in [5.41, 5.74) is 5.79. The lowest BCUT2D eigenvalue weighted by Gasteiger charge is -2.16. The van der Waals surface area contributed by atoms with Crippen molar-refractivity contribution in [2.24, 2.45) is 0 Å². The van der Waals surface area contributed by atoms with Gasteiger partial charge in [-0.25, -0.2) is 0 Å². The Hall–Kier alpha value is -4.20. The third-order valence-electron chi connectivity index (χ3n) is 6.11. The summed E-state index contributed by atoms with van der Waals surface area (Å²) >= 11 is 0. The van der Waals surface area contributed by atoms with E-state index in [1.54, 1.807) is 12.1 Å². The molecule has 1 aliphatic heterocycles. The maximum Gasteiger partial charge on any atom is 0.308 e. The summed E-state index contributed by atoms with van der Waals surface area (Å²) in [7, 11) is 0. The number of hydrogen-bond acceptors (Lipinski definition) is 5. The fourth-order valence-corrected chi connectivity index (χ4v) is 4.13. The molecule has 1 aromatic heterocycles. The van der Waals surface area contributed by atoms with Crippen molar-refractivity contribution in [3.63, 3.8) is 0 Å². The van der Waals surface area contributed by atoms with E-state index in [-0.39, 0.29) is 25.5 Å². The van der Waals surface area contributed by atoms with Gasteiger partial charge in [0, 0.05) is 41.2 Å². The number of esters is 1. The van der Waals surface area contributed by atoms with Gasteiger partial charge in [-0.3, -0.25) is 19.1 Å². The quantitative estimate of drug-likeness (QED) is 0.483. The highest BCUT2D eigenvalue weighted by Gasteiger charge is 2.30. The fourth-order valence-electron chi connectivity index (χ4n) is 4.13. The summed E-state index contributed by atoms with van der Waals surface area (Å²) in [6, 6.07) is 17.2. The van der Waals surface area contributed by atoms with Crippen LogP contribution in [0.5, 0.6) is 0 Å². The minimum absolute atomic E-state index is 0.0312. The van der Waals surface area contributed by atoms with Gasteiger partial charge in [0.1, 0.15) is 0 Å². The molecule has 0 radical (unpaired) electrons. The summed E-state index contributed by atoms with van der Waals surface area (Å²) in [5.74, 6) is -1.14. The molecule has 2 amide bonds. The van der Waals surface area contributed by atoms with Crippen LogP contribution in [0.3, 0.4) is 0 Å². The molecule has 0 saturated heterocycles. The Labute approximate surface area is 204 Å². The first kappa shape index (κ1) is 23.9. The number of carbonyl (C=O) groups excluding carboxylic acids is 3. The summed E-state index contributed by atoms with van der Waals surface area (Å²) in [4.78, 5) is 38.4. The average molecular weight is 473 g/mol. The molecule has 0 unspecified atom stereocenters. The number of ether oxygens (including phenoxy) is 1. The van der Waals surface area contributed by atoms with Gasteiger partial charge in [0.05, 0.1) is 18.7 Å². The number of carbonyl (C=O) groups is 3. The molecule has 3 aromatic rings. The van der Waals surface area contributed by atoms with Gasteiger partial charge in [-0.2, -0.15) is 5.10 Å². The van der Waals surface area contributed by atoms with Crippen molar-refractivity contribution in [1.29, 1.82) is 0 Å². The van der Waals surface area contributed by atoms with E-state index in [9.17, 15) is 14.4 Å². The van der Waals surface area contributed by atoms with Gasteiger partial charge in [-0.05, 0) is 25.5 Å². The molecule has 1 N–H and O–H groups in total. The van der Waals surface area contributed by atoms with E-state index in [0.717, 1.165) is 28.1 Å². The summed E-state index contributed by atoms with van der Waals surface area (Å²) in [6.07, 6.45) is -0.0312. The van der Waals surface area contributed by atoms with Crippen LogP contribution >= 0.6 is 0 Å². The maximum atomic E-state index is 12.5. The number of nitrogens with zero attached hydrogens (tertiary/aromatic N) is 3. The number of fused-ring (bicyclic) bond motifs is 1. The monoisotopic (exact) mass is 472 g/mol. The lowest BCUT2D eigenvalue weighted by Crippen LogP contribution is -2.30. The molecule has 0 spiro atoms. The minimum Gasteiger partial charge on any atom is -0.456 e. The summed E-state index contributed by atoms with van der Waals surface area (Å²) in [6.45, 7) is 8.53. The predicted octanol–water partition coefficient (Wildman–Crippen LogP) is 3.22. The molecule has 2 heterocycles. The van der Waals surface area contributed by atoms with Gasteiger partial charge >= 0.3 is 5.97 Å². The molecule has 0 aliphatic carbocycles. The van der Waals surface area contributed by atoms with Gasteiger partial charge in [-0.15, -0.1) is 0 Å². The second-order valence-electron chi connectivity index (χ2n) is 8.43. The zero-order valence-electron chi connectivity index (χ0n) is 19.9. The zero-order chi connectivity index (χ0) is 24.9. The van der Waals surface area contributed by atoms with Gasteiger partial charge in [0.25, 0.3) is 11.8 Å². The Morgan fingerprint density at radius 1 is 1.03 bits per heavy atom. The molecule has 8 heteroatoms. The number of nitrogens with one attached hydrogen (secondary N) is 1. The number of rotatable bonds is 9. The number of hydrogen-bond donors (Lipinski definition) is 1. The normalized spacial score (nSPS) is 12.6. The van der Waals surface area contributed by atoms with Crippen LogP contribution in [-0.4, -0.2) is 45.6 Å². The van der Waals surface area contributed by atoms with Crippen LogP contribution in [0.4, 0.5) is 0 Å². The standard InChI is InChI=1S/C27H28N4O4/c1-18-24(20(3)31(29-18)16-21-9-5-4-6-10-21)15-28-25(32)17-35-26(33)13-14-30-19(2)22-11-7-8-12-23(22)27(30)34/h4-12H,2,13-17H2,1,3H3,(H,28,32). The second-order valence-corrected chi connectivity index (χ2v) is 8.43. The van der Waals surface area contributed by atoms with Crippen LogP contribution in [0.15, 0.2) is 61.2 Å². The summed E-state index contributed by atoms with van der Waals surface area (Å²) in [5, 5.41) is 7.38.